The zero-order valence-corrected chi connectivity index (χ0v) is 17.7. The summed E-state index contributed by atoms with van der Waals surface area (Å²) in [5.41, 5.74) is -0.909. The number of H-pyrrole nitrogens is 1. The summed E-state index contributed by atoms with van der Waals surface area (Å²) in [5, 5.41) is 8.77. The monoisotopic (exact) mass is 412 g/mol. The standard InChI is InChI=1S/C18H29N4O5P/c1-13(2)22(14(3)4)28(25-11-5-9-19)26-12-15-6-7-17(27-15)21-10-8-16(23)20-18(21)24/h8,10,13-15,17H,5-7,11-12H2,1-4H3,(H,20,23,24)/t15-,17+,28?/m0/s1. The van der Waals surface area contributed by atoms with E-state index in [4.69, 9.17) is 19.0 Å². The van der Waals surface area contributed by atoms with E-state index in [2.05, 4.69) is 43.4 Å². The van der Waals surface area contributed by atoms with Gasteiger partial charge in [-0.05, 0) is 40.5 Å². The van der Waals surface area contributed by atoms with Gasteiger partial charge in [-0.25, -0.2) is 9.46 Å². The number of nitrogens with one attached hydrogen (secondary N) is 1. The highest BCUT2D eigenvalue weighted by atomic mass is 31.2. The molecule has 1 saturated heterocycles. The van der Waals surface area contributed by atoms with E-state index in [9.17, 15) is 9.59 Å². The molecule has 2 heterocycles. The molecule has 9 nitrogen and oxygen atoms in total. The van der Waals surface area contributed by atoms with Gasteiger partial charge in [-0.15, -0.1) is 0 Å². The van der Waals surface area contributed by atoms with Crippen molar-refractivity contribution in [1.29, 1.82) is 5.26 Å². The fourth-order valence-corrected chi connectivity index (χ4v) is 4.77. The highest BCUT2D eigenvalue weighted by Crippen LogP contribution is 2.46. The number of aromatic nitrogens is 2. The summed E-state index contributed by atoms with van der Waals surface area (Å²) >= 11 is 0. The Morgan fingerprint density at radius 3 is 2.64 bits per heavy atom. The van der Waals surface area contributed by atoms with Gasteiger partial charge in [0.1, 0.15) is 6.23 Å². The Labute approximate surface area is 166 Å². The lowest BCUT2D eigenvalue weighted by Gasteiger charge is -2.36. The maximum Gasteiger partial charge on any atom is 0.330 e. The first-order chi connectivity index (χ1) is 13.3. The molecule has 3 atom stereocenters. The van der Waals surface area contributed by atoms with Crippen LogP contribution in [0.15, 0.2) is 21.9 Å². The minimum atomic E-state index is -1.32. The number of hydrogen-bond donors (Lipinski definition) is 1. The lowest BCUT2D eigenvalue weighted by molar-refractivity contribution is -0.0226. The summed E-state index contributed by atoms with van der Waals surface area (Å²) < 4.78 is 21.4. The van der Waals surface area contributed by atoms with Crippen molar-refractivity contribution in [2.24, 2.45) is 0 Å². The van der Waals surface area contributed by atoms with Crippen LogP contribution in [0.1, 0.15) is 53.2 Å². The maximum atomic E-state index is 11.9. The molecule has 0 bridgehead atoms. The highest BCUT2D eigenvalue weighted by molar-refractivity contribution is 7.44. The fraction of sp³-hybridized carbons (Fsp3) is 0.722. The van der Waals surface area contributed by atoms with Gasteiger partial charge in [0.05, 0.1) is 31.8 Å². The third-order valence-corrected chi connectivity index (χ3v) is 6.35. The van der Waals surface area contributed by atoms with Gasteiger partial charge in [0.15, 0.2) is 0 Å². The van der Waals surface area contributed by atoms with Crippen molar-refractivity contribution in [3.8, 4) is 6.07 Å². The predicted molar refractivity (Wildman–Crippen MR) is 106 cm³/mol. The molecule has 0 saturated carbocycles. The van der Waals surface area contributed by atoms with E-state index in [0.717, 1.165) is 6.42 Å². The van der Waals surface area contributed by atoms with Crippen molar-refractivity contribution < 1.29 is 13.8 Å². The van der Waals surface area contributed by atoms with Gasteiger partial charge in [0, 0.05) is 24.3 Å². The lowest BCUT2D eigenvalue weighted by atomic mass is 10.2. The largest absolute Gasteiger partial charge is 0.352 e. The molecule has 1 aliphatic rings. The molecule has 0 radical (unpaired) electrons. The van der Waals surface area contributed by atoms with Crippen LogP contribution >= 0.6 is 8.53 Å². The van der Waals surface area contributed by atoms with Gasteiger partial charge in [-0.1, -0.05) is 0 Å². The molecule has 2 rings (SSSR count). The van der Waals surface area contributed by atoms with Crippen LogP contribution in [-0.4, -0.2) is 45.6 Å². The van der Waals surface area contributed by atoms with Gasteiger partial charge < -0.3 is 13.8 Å². The van der Waals surface area contributed by atoms with Crippen LogP contribution in [0.5, 0.6) is 0 Å². The van der Waals surface area contributed by atoms with Gasteiger partial charge in [0.25, 0.3) is 14.1 Å². The van der Waals surface area contributed by atoms with Crippen molar-refractivity contribution >= 4 is 8.53 Å². The van der Waals surface area contributed by atoms with Crippen LogP contribution in [0.2, 0.25) is 0 Å². The summed E-state index contributed by atoms with van der Waals surface area (Å²) in [6.45, 7) is 8.98. The van der Waals surface area contributed by atoms with Crippen molar-refractivity contribution in [2.75, 3.05) is 13.2 Å². The average molecular weight is 412 g/mol. The van der Waals surface area contributed by atoms with Crippen LogP contribution in [0, 0.1) is 11.3 Å². The fourth-order valence-electron chi connectivity index (χ4n) is 3.13. The molecule has 1 unspecified atom stereocenters. The first-order valence-electron chi connectivity index (χ1n) is 9.51. The molecule has 1 aromatic rings. The minimum Gasteiger partial charge on any atom is -0.352 e. The third-order valence-electron chi connectivity index (χ3n) is 4.28. The van der Waals surface area contributed by atoms with Crippen molar-refractivity contribution in [2.45, 2.75) is 71.4 Å². The molecule has 0 amide bonds. The average Bonchev–Trinajstić information content (AvgIpc) is 3.07. The van der Waals surface area contributed by atoms with Crippen LogP contribution in [0.3, 0.4) is 0 Å². The second kappa shape index (κ2) is 10.8. The number of aromatic amines is 1. The molecule has 1 aliphatic heterocycles. The molecule has 28 heavy (non-hydrogen) atoms. The summed E-state index contributed by atoms with van der Waals surface area (Å²) in [5.74, 6) is 0. The van der Waals surface area contributed by atoms with Crippen molar-refractivity contribution in [1.82, 2.24) is 14.2 Å². The highest BCUT2D eigenvalue weighted by Gasteiger charge is 2.31. The van der Waals surface area contributed by atoms with Crippen molar-refractivity contribution in [3.63, 3.8) is 0 Å². The lowest BCUT2D eigenvalue weighted by Crippen LogP contribution is -2.34. The smallest absolute Gasteiger partial charge is 0.330 e. The van der Waals surface area contributed by atoms with E-state index in [1.165, 1.54) is 16.8 Å². The zero-order chi connectivity index (χ0) is 20.7. The van der Waals surface area contributed by atoms with Crippen LogP contribution in [-0.2, 0) is 13.8 Å². The van der Waals surface area contributed by atoms with Gasteiger partial charge in [-0.3, -0.25) is 14.3 Å². The number of nitrogens with zero attached hydrogens (tertiary/aromatic N) is 3. The van der Waals surface area contributed by atoms with E-state index in [0.29, 0.717) is 26.1 Å². The molecule has 1 N–H and O–H groups in total. The van der Waals surface area contributed by atoms with Crippen LogP contribution in [0.4, 0.5) is 0 Å². The quantitative estimate of drug-likeness (QED) is 0.464. The molecule has 156 valence electrons. The third kappa shape index (κ3) is 6.23. The van der Waals surface area contributed by atoms with Crippen LogP contribution < -0.4 is 11.2 Å². The van der Waals surface area contributed by atoms with Gasteiger partial charge >= 0.3 is 5.69 Å². The molecule has 0 spiro atoms. The second-order valence-corrected chi connectivity index (χ2v) is 8.60. The van der Waals surface area contributed by atoms with Crippen LogP contribution in [0.25, 0.3) is 0 Å². The first-order valence-corrected chi connectivity index (χ1v) is 10.6. The van der Waals surface area contributed by atoms with Crippen molar-refractivity contribution in [3.05, 3.63) is 33.1 Å². The maximum absolute atomic E-state index is 11.9. The van der Waals surface area contributed by atoms with E-state index in [-0.39, 0.29) is 18.2 Å². The molecule has 1 aromatic heterocycles. The summed E-state index contributed by atoms with van der Waals surface area (Å²) in [6.07, 6.45) is 2.56. The number of hydrogen-bond acceptors (Lipinski definition) is 7. The zero-order valence-electron chi connectivity index (χ0n) is 16.8. The summed E-state index contributed by atoms with van der Waals surface area (Å²) in [6, 6.07) is 3.84. The second-order valence-electron chi connectivity index (χ2n) is 7.15. The Morgan fingerprint density at radius 2 is 2.04 bits per heavy atom. The SMILES string of the molecule is CC(C)N(C(C)C)P(OCCC#N)OC[C@@H]1CC[C@H](n2ccc(=O)[nH]c2=O)O1. The van der Waals surface area contributed by atoms with Gasteiger partial charge in [0.2, 0.25) is 0 Å². The predicted octanol–water partition coefficient (Wildman–Crippen LogP) is 2.51. The summed E-state index contributed by atoms with van der Waals surface area (Å²) in [7, 11) is -1.32. The molecular weight excluding hydrogens is 383 g/mol. The van der Waals surface area contributed by atoms with E-state index < -0.39 is 26.0 Å². The van der Waals surface area contributed by atoms with E-state index in [1.54, 1.807) is 0 Å². The van der Waals surface area contributed by atoms with Gasteiger partial charge in [-0.2, -0.15) is 5.26 Å². The molecular formula is C18H29N4O5P. The van der Waals surface area contributed by atoms with E-state index >= 15 is 0 Å². The normalized spacial score (nSPS) is 20.8. The Hall–Kier alpha value is -1.56. The molecule has 0 aliphatic carbocycles. The first kappa shape index (κ1) is 22.7. The number of nitriles is 1. The Bertz CT molecular complexity index is 764. The Kier molecular flexibility index (Phi) is 8.80. The Morgan fingerprint density at radius 1 is 1.32 bits per heavy atom. The topological polar surface area (TPSA) is 110 Å². The number of ether oxygens (including phenoxy) is 1. The molecule has 10 heteroatoms. The minimum absolute atomic E-state index is 0.172. The molecule has 0 aromatic carbocycles. The summed E-state index contributed by atoms with van der Waals surface area (Å²) in [4.78, 5) is 25.4. The Balaban J connectivity index is 1.97. The molecule has 1 fully saturated rings. The van der Waals surface area contributed by atoms with E-state index in [1.807, 2.05) is 0 Å². The number of rotatable bonds is 10.